The Morgan fingerprint density at radius 2 is 1.06 bits per heavy atom. The molecular weight excluding hydrogens is 368 g/mol. The molecule has 0 radical (unpaired) electrons. The van der Waals surface area contributed by atoms with E-state index in [1.807, 2.05) is 0 Å². The van der Waals surface area contributed by atoms with Gasteiger partial charge in [0.1, 0.15) is 0 Å². The van der Waals surface area contributed by atoms with Crippen LogP contribution in [0, 0.1) is 0 Å². The molecule has 2 aromatic rings. The third kappa shape index (κ3) is 3.30. The molecule has 0 saturated heterocycles. The maximum absolute atomic E-state index is 10.7. The highest BCUT2D eigenvalue weighted by Crippen LogP contribution is 2.18. The number of carbonyl (C=O) groups is 2. The van der Waals surface area contributed by atoms with Crippen molar-refractivity contribution in [1.29, 1.82) is 0 Å². The van der Waals surface area contributed by atoms with Crippen molar-refractivity contribution in [3.8, 4) is 0 Å². The number of carboxylic acid groups (broad SMARTS) is 2. The number of hydrogen-bond donors (Lipinski definition) is 2. The van der Waals surface area contributed by atoms with Gasteiger partial charge in [-0.25, -0.2) is 9.59 Å². The molecule has 4 nitrogen and oxygen atoms in total. The van der Waals surface area contributed by atoms with Crippen LogP contribution in [0.3, 0.4) is 0 Å². The SMILES string of the molecule is Br.Br.O=C(O)c1ccc2cc(C(=O)O)ccc2c1. The lowest BCUT2D eigenvalue weighted by Gasteiger charge is -2.01. The van der Waals surface area contributed by atoms with E-state index < -0.39 is 11.9 Å². The quantitative estimate of drug-likeness (QED) is 0.841. The van der Waals surface area contributed by atoms with Crippen LogP contribution in [-0.4, -0.2) is 22.2 Å². The van der Waals surface area contributed by atoms with Gasteiger partial charge in [-0.05, 0) is 35.0 Å². The summed E-state index contributed by atoms with van der Waals surface area (Å²) in [5.74, 6) is -1.99. The number of hydrogen-bond acceptors (Lipinski definition) is 2. The summed E-state index contributed by atoms with van der Waals surface area (Å²) in [6.45, 7) is 0. The number of halogens is 2. The van der Waals surface area contributed by atoms with E-state index in [1.54, 1.807) is 12.1 Å². The molecule has 0 aliphatic rings. The van der Waals surface area contributed by atoms with Crippen LogP contribution < -0.4 is 0 Å². The lowest BCUT2D eigenvalue weighted by molar-refractivity contribution is 0.0686. The monoisotopic (exact) mass is 376 g/mol. The summed E-state index contributed by atoms with van der Waals surface area (Å²) < 4.78 is 0. The van der Waals surface area contributed by atoms with Crippen molar-refractivity contribution in [2.45, 2.75) is 0 Å². The number of carboxylic acids is 2. The minimum Gasteiger partial charge on any atom is -0.478 e. The molecule has 0 bridgehead atoms. The number of rotatable bonds is 2. The fourth-order valence-electron chi connectivity index (χ4n) is 1.51. The van der Waals surface area contributed by atoms with E-state index in [-0.39, 0.29) is 45.1 Å². The normalized spacial score (nSPS) is 9.11. The van der Waals surface area contributed by atoms with E-state index >= 15 is 0 Å². The first kappa shape index (κ1) is 16.6. The van der Waals surface area contributed by atoms with Gasteiger partial charge in [0.05, 0.1) is 11.1 Å². The molecule has 96 valence electrons. The van der Waals surface area contributed by atoms with Crippen LogP contribution >= 0.6 is 34.0 Å². The zero-order valence-corrected chi connectivity index (χ0v) is 12.4. The maximum atomic E-state index is 10.7. The fourth-order valence-corrected chi connectivity index (χ4v) is 1.51. The molecule has 0 spiro atoms. The van der Waals surface area contributed by atoms with Crippen molar-refractivity contribution in [1.82, 2.24) is 0 Å². The summed E-state index contributed by atoms with van der Waals surface area (Å²) in [6.07, 6.45) is 0. The van der Waals surface area contributed by atoms with Gasteiger partial charge in [-0.1, -0.05) is 12.1 Å². The molecular formula is C12H10Br2O4. The van der Waals surface area contributed by atoms with E-state index in [2.05, 4.69) is 0 Å². The molecule has 6 heteroatoms. The van der Waals surface area contributed by atoms with Gasteiger partial charge in [-0.15, -0.1) is 34.0 Å². The van der Waals surface area contributed by atoms with Gasteiger partial charge in [-0.2, -0.15) is 0 Å². The third-order valence-electron chi connectivity index (χ3n) is 2.33. The molecule has 0 unspecified atom stereocenters. The number of aromatic carboxylic acids is 2. The predicted molar refractivity (Wildman–Crippen MR) is 78.5 cm³/mol. The molecule has 2 aromatic carbocycles. The van der Waals surface area contributed by atoms with Gasteiger partial charge in [0.2, 0.25) is 0 Å². The van der Waals surface area contributed by atoms with Gasteiger partial charge < -0.3 is 10.2 Å². The summed E-state index contributed by atoms with van der Waals surface area (Å²) in [5, 5.41) is 19.0. The summed E-state index contributed by atoms with van der Waals surface area (Å²) in [6, 6.07) is 9.15. The van der Waals surface area contributed by atoms with Crippen molar-refractivity contribution < 1.29 is 19.8 Å². The number of fused-ring (bicyclic) bond motifs is 1. The van der Waals surface area contributed by atoms with E-state index in [0.29, 0.717) is 10.8 Å². The topological polar surface area (TPSA) is 74.6 Å². The standard InChI is InChI=1S/C12H8O4.2BrH/c13-11(14)9-3-1-7-5-10(12(15)16)4-2-8(7)6-9;;/h1-6H,(H,13,14)(H,15,16);2*1H. The molecule has 0 aromatic heterocycles. The molecule has 0 fully saturated rings. The third-order valence-corrected chi connectivity index (χ3v) is 2.33. The Balaban J connectivity index is 0.00000144. The Morgan fingerprint density at radius 1 is 0.722 bits per heavy atom. The van der Waals surface area contributed by atoms with Crippen LogP contribution in [0.15, 0.2) is 36.4 Å². The molecule has 0 atom stereocenters. The zero-order valence-electron chi connectivity index (χ0n) is 8.99. The lowest BCUT2D eigenvalue weighted by atomic mass is 10.0. The van der Waals surface area contributed by atoms with Crippen molar-refractivity contribution in [2.75, 3.05) is 0 Å². The van der Waals surface area contributed by atoms with Gasteiger partial charge >= 0.3 is 11.9 Å². The minimum absolute atomic E-state index is 0. The minimum atomic E-state index is -0.996. The largest absolute Gasteiger partial charge is 0.478 e. The predicted octanol–water partition coefficient (Wildman–Crippen LogP) is 3.39. The van der Waals surface area contributed by atoms with Crippen LogP contribution in [-0.2, 0) is 0 Å². The summed E-state index contributed by atoms with van der Waals surface area (Å²) >= 11 is 0. The summed E-state index contributed by atoms with van der Waals surface area (Å²) in [4.78, 5) is 21.5. The molecule has 2 N–H and O–H groups in total. The first-order valence-corrected chi connectivity index (χ1v) is 4.58. The second-order valence-corrected chi connectivity index (χ2v) is 3.39. The average molecular weight is 378 g/mol. The van der Waals surface area contributed by atoms with Gasteiger partial charge in [0.25, 0.3) is 0 Å². The first-order valence-electron chi connectivity index (χ1n) is 4.58. The second kappa shape index (κ2) is 6.51. The Kier molecular flexibility index (Phi) is 6.00. The van der Waals surface area contributed by atoms with Crippen LogP contribution in [0.4, 0.5) is 0 Å². The zero-order chi connectivity index (χ0) is 11.7. The molecule has 0 aliphatic heterocycles. The highest BCUT2D eigenvalue weighted by Gasteiger charge is 2.06. The van der Waals surface area contributed by atoms with Crippen LogP contribution in [0.1, 0.15) is 20.7 Å². The van der Waals surface area contributed by atoms with E-state index in [4.69, 9.17) is 10.2 Å². The fraction of sp³-hybridized carbons (Fsp3) is 0. The van der Waals surface area contributed by atoms with Crippen molar-refractivity contribution in [3.63, 3.8) is 0 Å². The first-order chi connectivity index (χ1) is 7.58. The van der Waals surface area contributed by atoms with Crippen molar-refractivity contribution in [3.05, 3.63) is 47.5 Å². The van der Waals surface area contributed by atoms with Gasteiger partial charge in [-0.3, -0.25) is 0 Å². The summed E-state index contributed by atoms with van der Waals surface area (Å²) in [7, 11) is 0. The van der Waals surface area contributed by atoms with Crippen LogP contribution in [0.5, 0.6) is 0 Å². The highest BCUT2D eigenvalue weighted by molar-refractivity contribution is 8.93. The smallest absolute Gasteiger partial charge is 0.335 e. The van der Waals surface area contributed by atoms with Crippen molar-refractivity contribution in [2.24, 2.45) is 0 Å². The van der Waals surface area contributed by atoms with Crippen LogP contribution in [0.2, 0.25) is 0 Å². The van der Waals surface area contributed by atoms with E-state index in [1.165, 1.54) is 24.3 Å². The van der Waals surface area contributed by atoms with Gasteiger partial charge in [0, 0.05) is 0 Å². The molecule has 0 aliphatic carbocycles. The lowest BCUT2D eigenvalue weighted by Crippen LogP contribution is -1.97. The Bertz CT molecular complexity index is 542. The second-order valence-electron chi connectivity index (χ2n) is 3.39. The van der Waals surface area contributed by atoms with E-state index in [9.17, 15) is 9.59 Å². The van der Waals surface area contributed by atoms with Crippen LogP contribution in [0.25, 0.3) is 10.8 Å². The Hall–Kier alpha value is -1.40. The van der Waals surface area contributed by atoms with E-state index in [0.717, 1.165) is 0 Å². The molecule has 2 rings (SSSR count). The molecule has 0 heterocycles. The summed E-state index contributed by atoms with van der Waals surface area (Å²) in [5.41, 5.74) is 0.381. The number of benzene rings is 2. The maximum Gasteiger partial charge on any atom is 0.335 e. The van der Waals surface area contributed by atoms with Gasteiger partial charge in [0.15, 0.2) is 0 Å². The molecule has 0 saturated carbocycles. The molecule has 18 heavy (non-hydrogen) atoms. The molecule has 0 amide bonds. The van der Waals surface area contributed by atoms with Crippen molar-refractivity contribution >= 4 is 56.7 Å². The highest BCUT2D eigenvalue weighted by atomic mass is 79.9. The average Bonchev–Trinajstić information content (AvgIpc) is 2.27. The Labute approximate surface area is 124 Å². The Morgan fingerprint density at radius 3 is 1.33 bits per heavy atom.